The molecule has 1 aliphatic carbocycles. The monoisotopic (exact) mass is 332 g/mol. The van der Waals surface area contributed by atoms with Gasteiger partial charge in [0.05, 0.1) is 5.69 Å². The van der Waals surface area contributed by atoms with Gasteiger partial charge in [-0.3, -0.25) is 5.10 Å². The van der Waals surface area contributed by atoms with Crippen LogP contribution in [0.25, 0.3) is 11.3 Å². The number of aromatic nitrogens is 2. The minimum atomic E-state index is 0.272. The lowest BCUT2D eigenvalue weighted by atomic mass is 10.1. The van der Waals surface area contributed by atoms with Crippen LogP contribution in [-0.4, -0.2) is 29.3 Å². The second-order valence-electron chi connectivity index (χ2n) is 5.73. The summed E-state index contributed by atoms with van der Waals surface area (Å²) >= 11 is 3.55. The first-order chi connectivity index (χ1) is 9.72. The molecule has 0 amide bonds. The lowest BCUT2D eigenvalue weighted by molar-refractivity contribution is 0.502. The second-order valence-corrected chi connectivity index (χ2v) is 6.64. The van der Waals surface area contributed by atoms with Crippen LogP contribution in [0.5, 0.6) is 0 Å². The summed E-state index contributed by atoms with van der Waals surface area (Å²) in [7, 11) is 0. The standard InChI is InChI=1S/C15H17BrN4/c16-10-3-4-12-9(6-10)7-13-14(12)18-19-15(13)20-5-1-2-11(17)8-20/h3-4,6,11H,1-2,5,7-8,17H2,(H,18,19). The van der Waals surface area contributed by atoms with Gasteiger partial charge in [-0.2, -0.15) is 5.10 Å². The van der Waals surface area contributed by atoms with Gasteiger partial charge in [0.25, 0.3) is 0 Å². The van der Waals surface area contributed by atoms with Crippen LogP contribution in [0.1, 0.15) is 24.0 Å². The number of benzene rings is 1. The Kier molecular flexibility index (Phi) is 2.86. The predicted octanol–water partition coefficient (Wildman–Crippen LogP) is 2.67. The van der Waals surface area contributed by atoms with Gasteiger partial charge in [0.2, 0.25) is 0 Å². The van der Waals surface area contributed by atoms with Crippen molar-refractivity contribution in [1.82, 2.24) is 10.2 Å². The highest BCUT2D eigenvalue weighted by atomic mass is 79.9. The molecule has 0 spiro atoms. The molecule has 1 unspecified atom stereocenters. The molecule has 0 radical (unpaired) electrons. The maximum absolute atomic E-state index is 6.09. The highest BCUT2D eigenvalue weighted by molar-refractivity contribution is 9.10. The van der Waals surface area contributed by atoms with E-state index in [2.05, 4.69) is 49.2 Å². The highest BCUT2D eigenvalue weighted by Gasteiger charge is 2.28. The smallest absolute Gasteiger partial charge is 0.154 e. The minimum Gasteiger partial charge on any atom is -0.353 e. The van der Waals surface area contributed by atoms with Crippen LogP contribution < -0.4 is 10.6 Å². The Balaban J connectivity index is 1.72. The van der Waals surface area contributed by atoms with Crippen molar-refractivity contribution in [3.8, 4) is 11.3 Å². The Hall–Kier alpha value is -1.33. The van der Waals surface area contributed by atoms with Crippen molar-refractivity contribution in [2.75, 3.05) is 18.0 Å². The van der Waals surface area contributed by atoms with Crippen LogP contribution in [0, 0.1) is 0 Å². The highest BCUT2D eigenvalue weighted by Crippen LogP contribution is 2.41. The van der Waals surface area contributed by atoms with E-state index in [9.17, 15) is 0 Å². The van der Waals surface area contributed by atoms with Gasteiger partial charge >= 0.3 is 0 Å². The Bertz CT molecular complexity index is 664. The fourth-order valence-electron chi connectivity index (χ4n) is 3.35. The summed E-state index contributed by atoms with van der Waals surface area (Å²) < 4.78 is 1.14. The van der Waals surface area contributed by atoms with Crippen LogP contribution in [0.2, 0.25) is 0 Å². The van der Waals surface area contributed by atoms with Crippen molar-refractivity contribution < 1.29 is 0 Å². The molecule has 2 aliphatic rings. The van der Waals surface area contributed by atoms with E-state index < -0.39 is 0 Å². The molecule has 2 heterocycles. The molecule has 1 atom stereocenters. The van der Waals surface area contributed by atoms with Crippen molar-refractivity contribution in [3.05, 3.63) is 33.8 Å². The Morgan fingerprint density at radius 1 is 1.40 bits per heavy atom. The third kappa shape index (κ3) is 1.88. The molecule has 4 nitrogen and oxygen atoms in total. The summed E-state index contributed by atoms with van der Waals surface area (Å²) in [5, 5.41) is 7.78. The number of nitrogens with zero attached hydrogens (tertiary/aromatic N) is 2. The molecule has 0 saturated carbocycles. The zero-order valence-electron chi connectivity index (χ0n) is 11.2. The van der Waals surface area contributed by atoms with Gasteiger partial charge in [-0.25, -0.2) is 0 Å². The molecule has 1 saturated heterocycles. The van der Waals surface area contributed by atoms with Gasteiger partial charge in [0.1, 0.15) is 0 Å². The van der Waals surface area contributed by atoms with Crippen LogP contribution >= 0.6 is 15.9 Å². The van der Waals surface area contributed by atoms with Crippen molar-refractivity contribution in [2.24, 2.45) is 5.73 Å². The topological polar surface area (TPSA) is 57.9 Å². The number of H-pyrrole nitrogens is 1. The van der Waals surface area contributed by atoms with Gasteiger partial charge in [0.15, 0.2) is 5.82 Å². The van der Waals surface area contributed by atoms with E-state index in [1.807, 2.05) is 0 Å². The number of aromatic amines is 1. The fraction of sp³-hybridized carbons (Fsp3) is 0.400. The normalized spacial score (nSPS) is 20.9. The lowest BCUT2D eigenvalue weighted by Crippen LogP contribution is -2.43. The van der Waals surface area contributed by atoms with Crippen LogP contribution in [0.3, 0.4) is 0 Å². The van der Waals surface area contributed by atoms with Crippen molar-refractivity contribution in [1.29, 1.82) is 0 Å². The number of rotatable bonds is 1. The first-order valence-corrected chi connectivity index (χ1v) is 7.88. The van der Waals surface area contributed by atoms with Gasteiger partial charge in [-0.1, -0.05) is 22.0 Å². The van der Waals surface area contributed by atoms with E-state index in [1.54, 1.807) is 0 Å². The summed E-state index contributed by atoms with van der Waals surface area (Å²) in [6, 6.07) is 6.73. The number of hydrogen-bond acceptors (Lipinski definition) is 3. The number of halogens is 1. The van der Waals surface area contributed by atoms with Crippen LogP contribution in [0.4, 0.5) is 5.82 Å². The molecule has 20 heavy (non-hydrogen) atoms. The molecule has 4 rings (SSSR count). The predicted molar refractivity (Wildman–Crippen MR) is 84.0 cm³/mol. The maximum atomic E-state index is 6.09. The molecule has 1 aromatic carbocycles. The van der Waals surface area contributed by atoms with E-state index >= 15 is 0 Å². The summed E-state index contributed by atoms with van der Waals surface area (Å²) in [6.45, 7) is 1.97. The van der Waals surface area contributed by atoms with Gasteiger partial charge in [-0.05, 0) is 30.5 Å². The molecule has 1 aliphatic heterocycles. The number of fused-ring (bicyclic) bond motifs is 3. The molecule has 3 N–H and O–H groups in total. The number of nitrogens with one attached hydrogen (secondary N) is 1. The number of nitrogens with two attached hydrogens (primary N) is 1. The largest absolute Gasteiger partial charge is 0.353 e. The summed E-state index contributed by atoms with van der Waals surface area (Å²) in [5.74, 6) is 1.10. The first-order valence-electron chi connectivity index (χ1n) is 7.09. The number of piperidine rings is 1. The van der Waals surface area contributed by atoms with E-state index in [4.69, 9.17) is 5.73 Å². The summed E-state index contributed by atoms with van der Waals surface area (Å²) in [5.41, 5.74) is 11.2. The SMILES string of the molecule is NC1CCCN(c2n[nH]c3c2Cc2cc(Br)ccc2-3)C1. The Morgan fingerprint density at radius 3 is 3.15 bits per heavy atom. The quantitative estimate of drug-likeness (QED) is 0.720. The lowest BCUT2D eigenvalue weighted by Gasteiger charge is -2.31. The zero-order valence-corrected chi connectivity index (χ0v) is 12.8. The molecule has 0 bridgehead atoms. The van der Waals surface area contributed by atoms with E-state index in [0.29, 0.717) is 0 Å². The molecule has 2 aromatic rings. The fourth-order valence-corrected chi connectivity index (χ4v) is 3.76. The Labute approximate surface area is 126 Å². The van der Waals surface area contributed by atoms with E-state index in [-0.39, 0.29) is 6.04 Å². The zero-order chi connectivity index (χ0) is 13.7. The third-order valence-corrected chi connectivity index (χ3v) is 4.80. The van der Waals surface area contributed by atoms with Crippen molar-refractivity contribution in [2.45, 2.75) is 25.3 Å². The summed E-state index contributed by atoms with van der Waals surface area (Å²) in [4.78, 5) is 2.34. The average Bonchev–Trinajstić information content (AvgIpc) is 2.96. The molecule has 104 valence electrons. The summed E-state index contributed by atoms with van der Waals surface area (Å²) in [6.07, 6.45) is 3.24. The van der Waals surface area contributed by atoms with Crippen molar-refractivity contribution >= 4 is 21.7 Å². The molecule has 1 aromatic heterocycles. The molecular formula is C15H17BrN4. The number of hydrogen-bond donors (Lipinski definition) is 2. The van der Waals surface area contributed by atoms with Crippen LogP contribution in [0.15, 0.2) is 22.7 Å². The van der Waals surface area contributed by atoms with Crippen molar-refractivity contribution in [3.63, 3.8) is 0 Å². The maximum Gasteiger partial charge on any atom is 0.154 e. The molecule has 1 fully saturated rings. The third-order valence-electron chi connectivity index (χ3n) is 4.31. The Morgan fingerprint density at radius 2 is 2.30 bits per heavy atom. The average molecular weight is 333 g/mol. The molecule has 5 heteroatoms. The van der Waals surface area contributed by atoms with Gasteiger partial charge in [-0.15, -0.1) is 0 Å². The molecular weight excluding hydrogens is 316 g/mol. The van der Waals surface area contributed by atoms with Gasteiger partial charge in [0, 0.05) is 41.2 Å². The van der Waals surface area contributed by atoms with Gasteiger partial charge < -0.3 is 10.6 Å². The van der Waals surface area contributed by atoms with E-state index in [1.165, 1.54) is 22.4 Å². The minimum absolute atomic E-state index is 0.272. The first kappa shape index (κ1) is 12.4. The second kappa shape index (κ2) is 4.60. The number of anilines is 1. The van der Waals surface area contributed by atoms with E-state index in [0.717, 1.165) is 42.6 Å². The van der Waals surface area contributed by atoms with Crippen LogP contribution in [-0.2, 0) is 6.42 Å².